The summed E-state index contributed by atoms with van der Waals surface area (Å²) in [4.78, 5) is 125. The molecule has 0 saturated carbocycles. The van der Waals surface area contributed by atoms with Gasteiger partial charge in [0.15, 0.2) is 0 Å². The molecule has 8 amide bonds. The van der Waals surface area contributed by atoms with Gasteiger partial charge in [0, 0.05) is 85.1 Å². The zero-order valence-electron chi connectivity index (χ0n) is 51.0. The third-order valence-corrected chi connectivity index (χ3v) is 16.5. The number of aromatic nitrogens is 2. The lowest BCUT2D eigenvalue weighted by atomic mass is 9.94. The van der Waals surface area contributed by atoms with Gasteiger partial charge in [-0.2, -0.15) is 0 Å². The summed E-state index contributed by atoms with van der Waals surface area (Å²) in [6.07, 6.45) is -0.152. The number of rotatable bonds is 28. The zero-order chi connectivity index (χ0) is 63.2. The van der Waals surface area contributed by atoms with Crippen LogP contribution in [0, 0.1) is 11.8 Å². The van der Waals surface area contributed by atoms with Crippen molar-refractivity contribution >= 4 is 69.1 Å². The molecule has 23 heteroatoms. The molecule has 0 saturated heterocycles. The van der Waals surface area contributed by atoms with Crippen LogP contribution in [0.25, 0.3) is 21.8 Å². The average molecular weight is 1210 g/mol. The topological polar surface area (TPSA) is 343 Å². The van der Waals surface area contributed by atoms with Crippen LogP contribution in [-0.2, 0) is 77.1 Å². The maximum absolute atomic E-state index is 15.2. The van der Waals surface area contributed by atoms with Crippen LogP contribution in [0.4, 0.5) is 0 Å². The number of likely N-dealkylation sites (N-methyl/N-ethyl adjacent to an activating group) is 2. The van der Waals surface area contributed by atoms with Gasteiger partial charge in [0.2, 0.25) is 47.3 Å². The third kappa shape index (κ3) is 16.2. The molecule has 9 atom stereocenters. The van der Waals surface area contributed by atoms with E-state index in [1.807, 2.05) is 137 Å². The number of nitrogens with zero attached hydrogens (tertiary/aromatic N) is 2. The summed E-state index contributed by atoms with van der Waals surface area (Å²) in [5.74, 6) is -4.22. The summed E-state index contributed by atoms with van der Waals surface area (Å²) in [5.41, 5.74) is 18.3. The number of carbonyl (C=O) groups excluding carboxylic acids is 8. The molecule has 470 valence electrons. The summed E-state index contributed by atoms with van der Waals surface area (Å²) >= 11 is 0. The third-order valence-electron chi connectivity index (χ3n) is 16.5. The summed E-state index contributed by atoms with van der Waals surface area (Å²) in [7, 11) is 3.32. The molecular formula is C65H86N14O9. The first-order chi connectivity index (χ1) is 42.3. The Bertz CT molecular complexity index is 3190. The minimum atomic E-state index is -1.37. The molecule has 2 aromatic heterocycles. The number of amides is 8. The second-order valence-electron chi connectivity index (χ2n) is 23.8. The van der Waals surface area contributed by atoms with E-state index >= 15 is 9.59 Å². The monoisotopic (exact) mass is 1210 g/mol. The zero-order valence-corrected chi connectivity index (χ0v) is 51.0. The molecule has 2 aliphatic rings. The number of H-pyrrole nitrogens is 2. The fraction of sp³-hybridized carbons (Fsp3) is 0.446. The fourth-order valence-corrected chi connectivity index (χ4v) is 11.8. The first kappa shape index (κ1) is 65.5. The standard InChI is InChI=1S/C65H86N14O9/c1-37(2)25-48(68-5)58(81)76-52(31-66)60(83)74-50(27-39-17-9-7-10-18-39)64(87)78-35-54-44(42-21-13-15-23-46(42)72-54)29-56(78)62(85)70-33-41(80)34-71-63(86)57-30-45-43-22-14-16-24-47(43)73-55(45)36-79(57)65(88)51(28-40-19-11-8-12-20-40)75-61(84)53(32-67)77-59(82)49(69-6)26-38(3)4/h7-24,37-38,41,48-53,56-57,68-69,72-73,80H,25-36,66-67H2,1-6H3,(H,70,85)(H,71,86)(H,74,83)(H,75,84)(H,76,81)(H,77,82)/t41?,48-,49?,50+,51+,52+,53+,56+,57+/m1/s1. The Morgan fingerprint density at radius 1 is 0.500 bits per heavy atom. The van der Waals surface area contributed by atoms with Crippen LogP contribution in [0.2, 0.25) is 0 Å². The molecule has 6 aromatic rings. The van der Waals surface area contributed by atoms with Crippen molar-refractivity contribution in [1.82, 2.24) is 62.3 Å². The van der Waals surface area contributed by atoms with Gasteiger partial charge in [-0.05, 0) is 73.2 Å². The largest absolute Gasteiger partial charge is 0.389 e. The highest BCUT2D eigenvalue weighted by atomic mass is 16.3. The van der Waals surface area contributed by atoms with Crippen molar-refractivity contribution in [2.75, 3.05) is 40.3 Å². The molecule has 0 bridgehead atoms. The molecule has 2 aliphatic heterocycles. The Balaban J connectivity index is 1.00. The van der Waals surface area contributed by atoms with Crippen molar-refractivity contribution in [2.24, 2.45) is 23.3 Å². The number of hydrogen-bond acceptors (Lipinski definition) is 13. The molecule has 23 nitrogen and oxygen atoms in total. The normalized spacial score (nSPS) is 17.2. The number of carbonyl (C=O) groups is 8. The summed E-state index contributed by atoms with van der Waals surface area (Å²) in [6.45, 7) is 6.59. The van der Waals surface area contributed by atoms with Crippen LogP contribution in [0.5, 0.6) is 0 Å². The molecular weight excluding hydrogens is 1120 g/mol. The highest BCUT2D eigenvalue weighted by Gasteiger charge is 2.43. The Hall–Kier alpha value is -8.48. The highest BCUT2D eigenvalue weighted by Crippen LogP contribution is 2.33. The van der Waals surface area contributed by atoms with Gasteiger partial charge < -0.3 is 78.9 Å². The second kappa shape index (κ2) is 30.4. The van der Waals surface area contributed by atoms with Gasteiger partial charge in [0.1, 0.15) is 36.3 Å². The number of nitrogens with one attached hydrogen (secondary N) is 10. The van der Waals surface area contributed by atoms with Crippen LogP contribution in [0.1, 0.15) is 74.2 Å². The highest BCUT2D eigenvalue weighted by molar-refractivity contribution is 5.98. The number of aliphatic hydroxyl groups is 1. The van der Waals surface area contributed by atoms with E-state index in [0.717, 1.165) is 44.1 Å². The van der Waals surface area contributed by atoms with Crippen molar-refractivity contribution in [3.05, 3.63) is 143 Å². The molecule has 4 aromatic carbocycles. The van der Waals surface area contributed by atoms with Crippen molar-refractivity contribution in [3.8, 4) is 0 Å². The summed E-state index contributed by atoms with van der Waals surface area (Å²) in [6, 6.07) is 25.0. The Morgan fingerprint density at radius 2 is 0.841 bits per heavy atom. The van der Waals surface area contributed by atoms with Crippen LogP contribution in [0.3, 0.4) is 0 Å². The van der Waals surface area contributed by atoms with Crippen molar-refractivity contribution < 1.29 is 43.5 Å². The molecule has 2 unspecified atom stereocenters. The lowest BCUT2D eigenvalue weighted by Gasteiger charge is -2.38. The van der Waals surface area contributed by atoms with E-state index in [1.165, 1.54) is 9.80 Å². The Labute approximate surface area is 513 Å². The van der Waals surface area contributed by atoms with Crippen LogP contribution in [-0.4, -0.2) is 167 Å². The van der Waals surface area contributed by atoms with E-state index in [9.17, 15) is 33.9 Å². The summed E-state index contributed by atoms with van der Waals surface area (Å²) < 4.78 is 0. The minimum Gasteiger partial charge on any atom is -0.389 e. The van der Waals surface area contributed by atoms with Gasteiger partial charge in [-0.1, -0.05) is 125 Å². The number of hydrogen-bond donors (Lipinski definition) is 13. The molecule has 0 fully saturated rings. The van der Waals surface area contributed by atoms with Crippen LogP contribution >= 0.6 is 0 Å². The first-order valence-electron chi connectivity index (χ1n) is 30.4. The lowest BCUT2D eigenvalue weighted by molar-refractivity contribution is -0.145. The summed E-state index contributed by atoms with van der Waals surface area (Å²) in [5, 5.41) is 36.2. The van der Waals surface area contributed by atoms with Crippen molar-refractivity contribution in [2.45, 2.75) is 134 Å². The quantitative estimate of drug-likeness (QED) is 0.0327. The van der Waals surface area contributed by atoms with Gasteiger partial charge in [-0.3, -0.25) is 38.4 Å². The Kier molecular flexibility index (Phi) is 22.6. The van der Waals surface area contributed by atoms with Gasteiger partial charge in [0.05, 0.1) is 31.3 Å². The van der Waals surface area contributed by atoms with E-state index in [4.69, 9.17) is 11.5 Å². The number of nitrogens with two attached hydrogens (primary N) is 2. The number of fused-ring (bicyclic) bond motifs is 6. The van der Waals surface area contributed by atoms with Crippen LogP contribution in [0.15, 0.2) is 109 Å². The number of para-hydroxylation sites is 2. The van der Waals surface area contributed by atoms with E-state index in [0.29, 0.717) is 24.2 Å². The molecule has 4 heterocycles. The van der Waals surface area contributed by atoms with Crippen LogP contribution < -0.4 is 54.0 Å². The SMILES string of the molecule is CNC(CC(C)C)C(=O)N[C@@H](CN)C(=O)N[C@@H](Cc1ccccc1)C(=O)N1Cc2[nH]c3ccccc3c2C[C@H]1C(=O)NCC(O)CNC(=O)[C@@H]1Cc2c([nH]c3ccccc23)CN1C(=O)[C@H](Cc1ccccc1)NC(=O)[C@H](CN)NC(=O)[C@@H](CC(C)C)NC. The predicted octanol–water partition coefficient (Wildman–Crippen LogP) is 1.06. The number of benzene rings is 4. The molecule has 88 heavy (non-hydrogen) atoms. The molecule has 0 radical (unpaired) electrons. The predicted molar refractivity (Wildman–Crippen MR) is 335 cm³/mol. The molecule has 8 rings (SSSR count). The van der Waals surface area contributed by atoms with Gasteiger partial charge in [0.25, 0.3) is 0 Å². The van der Waals surface area contributed by atoms with Crippen molar-refractivity contribution in [3.63, 3.8) is 0 Å². The minimum absolute atomic E-state index is 0.0323. The molecule has 0 spiro atoms. The number of aromatic amines is 2. The van der Waals surface area contributed by atoms with E-state index in [2.05, 4.69) is 52.5 Å². The fourth-order valence-electron chi connectivity index (χ4n) is 11.8. The maximum atomic E-state index is 15.2. The number of aliphatic hydroxyl groups excluding tert-OH is 1. The maximum Gasteiger partial charge on any atom is 0.246 e. The lowest BCUT2D eigenvalue weighted by Crippen LogP contribution is -2.62. The second-order valence-corrected chi connectivity index (χ2v) is 23.8. The molecule has 0 aliphatic carbocycles. The molecule has 15 N–H and O–H groups in total. The van der Waals surface area contributed by atoms with E-state index < -0.39 is 102 Å². The Morgan fingerprint density at radius 3 is 1.19 bits per heavy atom. The van der Waals surface area contributed by atoms with Gasteiger partial charge in [-0.15, -0.1) is 0 Å². The average Bonchev–Trinajstić information content (AvgIpc) is 1.65. The van der Waals surface area contributed by atoms with Gasteiger partial charge in [-0.25, -0.2) is 0 Å². The van der Waals surface area contributed by atoms with Gasteiger partial charge >= 0.3 is 0 Å². The van der Waals surface area contributed by atoms with E-state index in [1.54, 1.807) is 14.1 Å². The smallest absolute Gasteiger partial charge is 0.246 e. The van der Waals surface area contributed by atoms with Crippen molar-refractivity contribution in [1.29, 1.82) is 0 Å². The van der Waals surface area contributed by atoms with E-state index in [-0.39, 0.29) is 76.8 Å². The first-order valence-corrected chi connectivity index (χ1v) is 30.4.